The number of carbonyl (C=O) groups excluding carboxylic acids is 3. The number of carbonyl (C=O) groups is 3. The Morgan fingerprint density at radius 1 is 0.933 bits per heavy atom. The summed E-state index contributed by atoms with van der Waals surface area (Å²) in [6, 6.07) is 14.9. The van der Waals surface area contributed by atoms with Gasteiger partial charge in [0.15, 0.2) is 0 Å². The summed E-state index contributed by atoms with van der Waals surface area (Å²) in [4.78, 5) is 49.8. The molecule has 2 aromatic carbocycles. The average Bonchev–Trinajstić information content (AvgIpc) is 3.59. The number of rotatable bonds is 14. The van der Waals surface area contributed by atoms with Crippen molar-refractivity contribution in [2.24, 2.45) is 11.8 Å². The van der Waals surface area contributed by atoms with Crippen molar-refractivity contribution >= 4 is 40.9 Å². The van der Waals surface area contributed by atoms with Crippen molar-refractivity contribution in [2.75, 3.05) is 36.0 Å². The third-order valence-corrected chi connectivity index (χ3v) is 12.0. The van der Waals surface area contributed by atoms with E-state index in [9.17, 15) is 14.7 Å². The first-order valence-corrected chi connectivity index (χ1v) is 17.0. The first-order chi connectivity index (χ1) is 21.6. The maximum Gasteiger partial charge on any atom is 0.251 e. The Balaban J connectivity index is 1.58. The summed E-state index contributed by atoms with van der Waals surface area (Å²) in [7, 11) is 0. The van der Waals surface area contributed by atoms with Gasteiger partial charge < -0.3 is 19.8 Å². The van der Waals surface area contributed by atoms with Crippen LogP contribution >= 0.6 is 11.8 Å². The van der Waals surface area contributed by atoms with Crippen molar-refractivity contribution in [3.05, 3.63) is 85.0 Å². The molecule has 1 N–H and O–H groups in total. The van der Waals surface area contributed by atoms with Crippen LogP contribution in [0.3, 0.4) is 0 Å². The second-order valence-electron chi connectivity index (χ2n) is 12.9. The van der Waals surface area contributed by atoms with E-state index >= 15 is 4.79 Å². The van der Waals surface area contributed by atoms with Crippen LogP contribution in [0.5, 0.6) is 0 Å². The standard InChI is InChI=1S/C37H47N3O4S/c1-6-22-38(28-18-11-10-12-19-28)33(42)29-30-34(43)40(24-13-8-9-14-25-41)32(37(30)21-20-36(29,5)45-37)35(44)39(23-7-2)31-26(3)16-15-17-27(31)4/h6-7,10-12,15-19,29-30,32,41H,1-2,8-9,13-14,20-25H2,3-5H3/t29-,30-,32?,36+,37?/m0/s1. The normalized spacial score (nSPS) is 26.5. The summed E-state index contributed by atoms with van der Waals surface area (Å²) in [5.41, 5.74) is 3.62. The topological polar surface area (TPSA) is 81.2 Å². The fraction of sp³-hybridized carbons (Fsp3) is 0.486. The largest absolute Gasteiger partial charge is 0.396 e. The molecule has 0 aliphatic carbocycles. The Kier molecular flexibility index (Phi) is 9.94. The maximum atomic E-state index is 15.0. The highest BCUT2D eigenvalue weighted by Gasteiger charge is 2.77. The van der Waals surface area contributed by atoms with Crippen LogP contribution < -0.4 is 9.80 Å². The Morgan fingerprint density at radius 2 is 1.58 bits per heavy atom. The van der Waals surface area contributed by atoms with Gasteiger partial charge in [0.2, 0.25) is 11.8 Å². The molecule has 3 aliphatic rings. The van der Waals surface area contributed by atoms with E-state index < -0.39 is 27.4 Å². The van der Waals surface area contributed by atoms with E-state index in [1.54, 1.807) is 28.8 Å². The third-order valence-electron chi connectivity index (χ3n) is 10.0. The maximum absolute atomic E-state index is 15.0. The van der Waals surface area contributed by atoms with Crippen LogP contribution in [0.25, 0.3) is 0 Å². The summed E-state index contributed by atoms with van der Waals surface area (Å²) >= 11 is 1.71. The molecule has 7 nitrogen and oxygen atoms in total. The Labute approximate surface area is 272 Å². The second-order valence-corrected chi connectivity index (χ2v) is 14.8. The Hall–Kier alpha value is -3.36. The number of para-hydroxylation sites is 2. The van der Waals surface area contributed by atoms with Crippen molar-refractivity contribution in [1.29, 1.82) is 0 Å². The summed E-state index contributed by atoms with van der Waals surface area (Å²) in [6.07, 6.45) is 8.09. The molecule has 45 heavy (non-hydrogen) atoms. The lowest BCUT2D eigenvalue weighted by molar-refractivity contribution is -0.139. The molecule has 2 aromatic rings. The molecule has 0 radical (unpaired) electrons. The molecule has 0 saturated carbocycles. The smallest absolute Gasteiger partial charge is 0.251 e. The first kappa shape index (κ1) is 33.0. The molecule has 3 saturated heterocycles. The van der Waals surface area contributed by atoms with Crippen LogP contribution in [0.15, 0.2) is 73.8 Å². The molecule has 5 atom stereocenters. The van der Waals surface area contributed by atoms with E-state index in [0.717, 1.165) is 48.2 Å². The number of amides is 3. The highest BCUT2D eigenvalue weighted by Crippen LogP contribution is 2.71. The summed E-state index contributed by atoms with van der Waals surface area (Å²) < 4.78 is -1.18. The lowest BCUT2D eigenvalue weighted by Gasteiger charge is -2.38. The van der Waals surface area contributed by atoms with Gasteiger partial charge >= 0.3 is 0 Å². The van der Waals surface area contributed by atoms with Gasteiger partial charge in [-0.2, -0.15) is 0 Å². The molecule has 2 unspecified atom stereocenters. The van der Waals surface area contributed by atoms with Gasteiger partial charge in [-0.1, -0.05) is 61.4 Å². The van der Waals surface area contributed by atoms with Crippen molar-refractivity contribution in [1.82, 2.24) is 4.90 Å². The zero-order chi connectivity index (χ0) is 32.4. The predicted octanol–water partition coefficient (Wildman–Crippen LogP) is 6.08. The highest BCUT2D eigenvalue weighted by atomic mass is 32.2. The third kappa shape index (κ3) is 5.76. The molecular weight excluding hydrogens is 582 g/mol. The van der Waals surface area contributed by atoms with Crippen molar-refractivity contribution < 1.29 is 19.5 Å². The number of hydrogen-bond acceptors (Lipinski definition) is 5. The molecule has 3 heterocycles. The van der Waals surface area contributed by atoms with E-state index in [4.69, 9.17) is 0 Å². The summed E-state index contributed by atoms with van der Waals surface area (Å²) in [6.45, 7) is 15.3. The van der Waals surface area contributed by atoms with Crippen molar-refractivity contribution in [3.8, 4) is 0 Å². The zero-order valence-corrected chi connectivity index (χ0v) is 27.7. The van der Waals surface area contributed by atoms with Crippen LogP contribution in [0.2, 0.25) is 0 Å². The number of hydrogen-bond donors (Lipinski definition) is 1. The van der Waals surface area contributed by atoms with E-state index in [0.29, 0.717) is 32.5 Å². The molecule has 3 aliphatic heterocycles. The Morgan fingerprint density at radius 3 is 2.22 bits per heavy atom. The fourth-order valence-electron chi connectivity index (χ4n) is 8.10. The number of fused-ring (bicyclic) bond motifs is 1. The van der Waals surface area contributed by atoms with Gasteiger partial charge in [-0.05, 0) is 69.7 Å². The van der Waals surface area contributed by atoms with E-state index in [-0.39, 0.29) is 24.3 Å². The average molecular weight is 630 g/mol. The number of unbranched alkanes of at least 4 members (excludes halogenated alkanes) is 3. The quantitative estimate of drug-likeness (QED) is 0.203. The number of anilines is 2. The highest BCUT2D eigenvalue weighted by molar-refractivity contribution is 8.02. The molecule has 3 amide bonds. The number of benzene rings is 2. The first-order valence-electron chi connectivity index (χ1n) is 16.2. The second kappa shape index (κ2) is 13.6. The Bertz CT molecular complexity index is 1430. The summed E-state index contributed by atoms with van der Waals surface area (Å²) in [5.74, 6) is -1.43. The number of nitrogens with zero attached hydrogens (tertiary/aromatic N) is 3. The fourth-order valence-corrected chi connectivity index (χ4v) is 10.4. The monoisotopic (exact) mass is 629 g/mol. The number of aliphatic hydroxyl groups excluding tert-OH is 1. The number of thioether (sulfide) groups is 1. The van der Waals surface area contributed by atoms with Gasteiger partial charge in [-0.25, -0.2) is 0 Å². The molecule has 2 bridgehead atoms. The molecule has 5 rings (SSSR count). The van der Waals surface area contributed by atoms with E-state index in [1.165, 1.54) is 0 Å². The minimum absolute atomic E-state index is 0.0790. The minimum Gasteiger partial charge on any atom is -0.396 e. The van der Waals surface area contributed by atoms with Gasteiger partial charge in [-0.15, -0.1) is 24.9 Å². The van der Waals surface area contributed by atoms with E-state index in [2.05, 4.69) is 20.1 Å². The van der Waals surface area contributed by atoms with Crippen LogP contribution in [0, 0.1) is 25.7 Å². The van der Waals surface area contributed by atoms with Crippen LogP contribution in [-0.2, 0) is 14.4 Å². The molecule has 1 spiro atoms. The molecular formula is C37H47N3O4S. The minimum atomic E-state index is -0.707. The molecule has 8 heteroatoms. The number of aryl methyl sites for hydroxylation is 2. The van der Waals surface area contributed by atoms with Crippen molar-refractivity contribution in [3.63, 3.8) is 0 Å². The van der Waals surface area contributed by atoms with Gasteiger partial charge in [0.1, 0.15) is 6.04 Å². The van der Waals surface area contributed by atoms with Crippen LogP contribution in [0.4, 0.5) is 11.4 Å². The number of likely N-dealkylation sites (tertiary alicyclic amines) is 1. The van der Waals surface area contributed by atoms with Crippen LogP contribution in [0.1, 0.15) is 56.6 Å². The van der Waals surface area contributed by atoms with E-state index in [1.807, 2.05) is 72.2 Å². The molecule has 240 valence electrons. The van der Waals surface area contributed by atoms with Crippen molar-refractivity contribution in [2.45, 2.75) is 74.8 Å². The number of aliphatic hydroxyl groups is 1. The van der Waals surface area contributed by atoms with Gasteiger partial charge in [0, 0.05) is 42.4 Å². The lowest BCUT2D eigenvalue weighted by Crippen LogP contribution is -2.55. The predicted molar refractivity (Wildman–Crippen MR) is 183 cm³/mol. The zero-order valence-electron chi connectivity index (χ0n) is 26.9. The summed E-state index contributed by atoms with van der Waals surface area (Å²) in [5, 5.41) is 9.28. The van der Waals surface area contributed by atoms with Crippen LogP contribution in [-0.4, -0.2) is 69.5 Å². The lowest BCUT2D eigenvalue weighted by atomic mass is 9.66. The van der Waals surface area contributed by atoms with Gasteiger partial charge in [0.25, 0.3) is 5.91 Å². The molecule has 0 aromatic heterocycles. The molecule has 3 fully saturated rings. The SMILES string of the molecule is C=CCN(C(=O)[C@@H]1[C@H]2C(=O)N(CCCCCCO)C(C(=O)N(CC=C)c3c(C)cccc3C)C23CC[C@@]1(C)S3)c1ccccc1. The van der Waals surface area contributed by atoms with Gasteiger partial charge in [0.05, 0.1) is 16.6 Å². The van der Waals surface area contributed by atoms with Gasteiger partial charge in [-0.3, -0.25) is 14.4 Å².